The lowest BCUT2D eigenvalue weighted by Crippen LogP contribution is -2.28. The van der Waals surface area contributed by atoms with Gasteiger partial charge >= 0.3 is 5.97 Å². The van der Waals surface area contributed by atoms with Crippen LogP contribution in [0.3, 0.4) is 0 Å². The fourth-order valence-corrected chi connectivity index (χ4v) is 5.80. The number of carboxylic acid groups (broad SMARTS) is 1. The Kier molecular flexibility index (Phi) is 8.51. The Balaban J connectivity index is 1.63. The molecule has 8 heteroatoms. The number of thiazole rings is 1. The zero-order valence-corrected chi connectivity index (χ0v) is 26.1. The van der Waals surface area contributed by atoms with Gasteiger partial charge in [0.1, 0.15) is 17.4 Å². The molecular formula is C35H37N3O4S. The predicted octanol–water partition coefficient (Wildman–Crippen LogP) is 8.06. The Morgan fingerprint density at radius 1 is 0.953 bits per heavy atom. The van der Waals surface area contributed by atoms with E-state index in [1.54, 1.807) is 37.6 Å². The topological polar surface area (TPSA) is 94.3 Å². The number of benzene rings is 2. The quantitative estimate of drug-likeness (QED) is 0.155. The van der Waals surface area contributed by atoms with Crippen molar-refractivity contribution >= 4 is 34.0 Å². The number of hydrogen-bond acceptors (Lipinski definition) is 6. The van der Waals surface area contributed by atoms with E-state index < -0.39 is 11.4 Å². The Bertz CT molecular complexity index is 1730. The molecule has 5 rings (SSSR count). The largest absolute Gasteiger partial charge is 0.487 e. The van der Waals surface area contributed by atoms with Gasteiger partial charge in [-0.15, -0.1) is 11.3 Å². The molecule has 3 heterocycles. The molecule has 0 saturated heterocycles. The van der Waals surface area contributed by atoms with Crippen LogP contribution in [-0.2, 0) is 24.4 Å². The first-order valence-corrected chi connectivity index (χ1v) is 15.2. The second-order valence-electron chi connectivity index (χ2n) is 12.8. The Morgan fingerprint density at radius 3 is 2.35 bits per heavy atom. The minimum absolute atomic E-state index is 0.00608. The van der Waals surface area contributed by atoms with Gasteiger partial charge in [0.15, 0.2) is 5.78 Å². The van der Waals surface area contributed by atoms with Crippen LogP contribution >= 0.6 is 11.3 Å². The SMILES string of the molecule is CC(C)(C)CC(=O)c1c(CC(C)(C)C(=O)O)n(Cc2ccc(-c3nccs3)cc2)c2ccc(OCc3ccccn3)cc12. The van der Waals surface area contributed by atoms with Gasteiger partial charge < -0.3 is 14.4 Å². The number of rotatable bonds is 11. The fraction of sp³-hybridized carbons (Fsp3) is 0.314. The van der Waals surface area contributed by atoms with Gasteiger partial charge in [-0.2, -0.15) is 0 Å². The summed E-state index contributed by atoms with van der Waals surface area (Å²) in [4.78, 5) is 35.1. The molecule has 0 aliphatic carbocycles. The van der Waals surface area contributed by atoms with Crippen LogP contribution < -0.4 is 4.74 Å². The molecule has 0 bridgehead atoms. The van der Waals surface area contributed by atoms with E-state index in [1.165, 1.54) is 0 Å². The molecule has 0 unspecified atom stereocenters. The maximum atomic E-state index is 14.1. The molecule has 0 aliphatic heterocycles. The highest BCUT2D eigenvalue weighted by molar-refractivity contribution is 7.13. The predicted molar refractivity (Wildman–Crippen MR) is 171 cm³/mol. The van der Waals surface area contributed by atoms with Crippen LogP contribution in [-0.4, -0.2) is 31.4 Å². The summed E-state index contributed by atoms with van der Waals surface area (Å²) < 4.78 is 8.22. The molecule has 5 aromatic rings. The van der Waals surface area contributed by atoms with Crippen LogP contribution in [0.2, 0.25) is 0 Å². The molecule has 3 aromatic heterocycles. The third-order valence-corrected chi connectivity index (χ3v) is 8.21. The molecule has 0 saturated carbocycles. The van der Waals surface area contributed by atoms with Gasteiger partial charge in [0.25, 0.3) is 0 Å². The molecule has 1 N–H and O–H groups in total. The van der Waals surface area contributed by atoms with Gasteiger partial charge in [-0.25, -0.2) is 4.98 Å². The summed E-state index contributed by atoms with van der Waals surface area (Å²) >= 11 is 1.59. The molecule has 7 nitrogen and oxygen atoms in total. The number of aromatic nitrogens is 3. The number of carbonyl (C=O) groups is 2. The third kappa shape index (κ3) is 7.03. The maximum absolute atomic E-state index is 14.1. The van der Waals surface area contributed by atoms with Gasteiger partial charge in [0.05, 0.1) is 11.1 Å². The van der Waals surface area contributed by atoms with Crippen LogP contribution in [0, 0.1) is 10.8 Å². The van der Waals surface area contributed by atoms with Crippen molar-refractivity contribution in [3.05, 3.63) is 101 Å². The average molecular weight is 596 g/mol. The molecule has 0 fully saturated rings. The smallest absolute Gasteiger partial charge is 0.309 e. The van der Waals surface area contributed by atoms with Crippen LogP contribution in [0.25, 0.3) is 21.5 Å². The van der Waals surface area contributed by atoms with E-state index >= 15 is 0 Å². The zero-order valence-electron chi connectivity index (χ0n) is 25.3. The van der Waals surface area contributed by atoms with E-state index in [2.05, 4.69) is 38.8 Å². The van der Waals surface area contributed by atoms with E-state index in [-0.39, 0.29) is 17.6 Å². The van der Waals surface area contributed by atoms with Crippen molar-refractivity contribution in [2.24, 2.45) is 10.8 Å². The molecule has 222 valence electrons. The molecule has 0 radical (unpaired) electrons. The minimum Gasteiger partial charge on any atom is -0.487 e. The summed E-state index contributed by atoms with van der Waals surface area (Å²) in [6.07, 6.45) is 4.05. The summed E-state index contributed by atoms with van der Waals surface area (Å²) in [5, 5.41) is 13.8. The summed E-state index contributed by atoms with van der Waals surface area (Å²) in [7, 11) is 0. The second kappa shape index (κ2) is 12.1. The van der Waals surface area contributed by atoms with Crippen molar-refractivity contribution in [1.29, 1.82) is 0 Å². The number of Topliss-reactive ketones (excluding diaryl/α,β-unsaturated/α-hetero) is 1. The summed E-state index contributed by atoms with van der Waals surface area (Å²) in [5.41, 5.74) is 3.71. The van der Waals surface area contributed by atoms with E-state index in [4.69, 9.17) is 4.74 Å². The number of aliphatic carboxylic acids is 1. The van der Waals surface area contributed by atoms with Crippen molar-refractivity contribution in [2.75, 3.05) is 0 Å². The number of ether oxygens (including phenoxy) is 1. The van der Waals surface area contributed by atoms with Crippen LogP contribution in [0.4, 0.5) is 0 Å². The van der Waals surface area contributed by atoms with Crippen molar-refractivity contribution in [1.82, 2.24) is 14.5 Å². The highest BCUT2D eigenvalue weighted by Crippen LogP contribution is 2.37. The van der Waals surface area contributed by atoms with E-state index in [0.29, 0.717) is 30.9 Å². The molecule has 0 spiro atoms. The Hall–Kier alpha value is -4.30. The molecule has 0 amide bonds. The number of carbonyl (C=O) groups excluding carboxylic acids is 1. The molecular weight excluding hydrogens is 558 g/mol. The van der Waals surface area contributed by atoms with Crippen LogP contribution in [0.1, 0.15) is 68.3 Å². The third-order valence-electron chi connectivity index (χ3n) is 7.39. The van der Waals surface area contributed by atoms with Crippen molar-refractivity contribution in [2.45, 2.75) is 60.6 Å². The summed E-state index contributed by atoms with van der Waals surface area (Å²) in [5.74, 6) is -0.295. The zero-order chi connectivity index (χ0) is 30.8. The summed E-state index contributed by atoms with van der Waals surface area (Å²) in [6.45, 7) is 10.3. The molecule has 43 heavy (non-hydrogen) atoms. The van der Waals surface area contributed by atoms with Gasteiger partial charge in [0.2, 0.25) is 0 Å². The highest BCUT2D eigenvalue weighted by Gasteiger charge is 2.34. The average Bonchev–Trinajstić information content (AvgIpc) is 3.59. The first-order valence-electron chi connectivity index (χ1n) is 14.3. The van der Waals surface area contributed by atoms with Crippen molar-refractivity contribution < 1.29 is 19.4 Å². The Morgan fingerprint density at radius 2 is 1.72 bits per heavy atom. The normalized spacial score (nSPS) is 12.0. The van der Waals surface area contributed by atoms with Gasteiger partial charge in [-0.05, 0) is 55.2 Å². The van der Waals surface area contributed by atoms with Crippen molar-refractivity contribution in [3.8, 4) is 16.3 Å². The van der Waals surface area contributed by atoms with Gasteiger partial charge in [-0.1, -0.05) is 51.1 Å². The minimum atomic E-state index is -1.09. The second-order valence-corrected chi connectivity index (χ2v) is 13.7. The number of carboxylic acids is 1. The molecule has 0 aliphatic rings. The van der Waals surface area contributed by atoms with Gasteiger partial charge in [-0.3, -0.25) is 14.6 Å². The highest BCUT2D eigenvalue weighted by atomic mass is 32.1. The van der Waals surface area contributed by atoms with Gasteiger partial charge in [0, 0.05) is 64.9 Å². The lowest BCUT2D eigenvalue weighted by molar-refractivity contribution is -0.146. The van der Waals surface area contributed by atoms with E-state index in [1.807, 2.05) is 62.5 Å². The standard InChI is InChI=1S/C35H37N3O4S/c1-34(2,3)20-30(39)31-27-18-26(42-22-25-8-6-7-15-36-25)13-14-28(27)38(29(31)19-35(4,5)33(40)41)21-23-9-11-24(12-10-23)32-37-16-17-43-32/h6-18H,19-22H2,1-5H3,(H,40,41). The fourth-order valence-electron chi connectivity index (χ4n) is 5.16. The first kappa shape index (κ1) is 30.2. The first-order chi connectivity index (χ1) is 20.4. The number of nitrogens with zero attached hydrogens (tertiary/aromatic N) is 3. The van der Waals surface area contributed by atoms with Crippen molar-refractivity contribution in [3.63, 3.8) is 0 Å². The van der Waals surface area contributed by atoms with E-state index in [0.717, 1.165) is 38.4 Å². The summed E-state index contributed by atoms with van der Waals surface area (Å²) in [6, 6.07) is 19.7. The van der Waals surface area contributed by atoms with Crippen LogP contribution in [0.5, 0.6) is 5.75 Å². The maximum Gasteiger partial charge on any atom is 0.309 e. The number of pyridine rings is 1. The molecule has 2 aromatic carbocycles. The van der Waals surface area contributed by atoms with Crippen LogP contribution in [0.15, 0.2) is 78.4 Å². The number of ketones is 1. The molecule has 0 atom stereocenters. The van der Waals surface area contributed by atoms with E-state index in [9.17, 15) is 14.7 Å². The Labute approximate surface area is 256 Å². The monoisotopic (exact) mass is 595 g/mol. The number of fused-ring (bicyclic) bond motifs is 1. The lowest BCUT2D eigenvalue weighted by atomic mass is 9.83. The lowest BCUT2D eigenvalue weighted by Gasteiger charge is -2.23. The number of hydrogen-bond donors (Lipinski definition) is 1.